The van der Waals surface area contributed by atoms with Crippen LogP contribution >= 0.6 is 65.8 Å². The van der Waals surface area contributed by atoms with E-state index in [4.69, 9.17) is 0 Å². The SMILES string of the molecule is Brc1cc(I)c(Br)c2sccc12. The second kappa shape index (κ2) is 3.55. The van der Waals surface area contributed by atoms with Gasteiger partial charge in [-0.2, -0.15) is 0 Å². The third-order valence-electron chi connectivity index (χ3n) is 1.59. The maximum absolute atomic E-state index is 3.58. The van der Waals surface area contributed by atoms with E-state index in [9.17, 15) is 0 Å². The van der Waals surface area contributed by atoms with E-state index in [1.54, 1.807) is 11.3 Å². The first-order valence-electron chi connectivity index (χ1n) is 3.21. The van der Waals surface area contributed by atoms with Gasteiger partial charge in [-0.25, -0.2) is 0 Å². The van der Waals surface area contributed by atoms with Gasteiger partial charge in [0.05, 0.1) is 4.70 Å². The zero-order chi connectivity index (χ0) is 8.72. The van der Waals surface area contributed by atoms with Crippen LogP contribution < -0.4 is 0 Å². The molecule has 0 aliphatic rings. The molecule has 1 heterocycles. The lowest BCUT2D eigenvalue weighted by Gasteiger charge is -1.99. The second-order valence-corrected chi connectivity index (χ2v) is 6.04. The average molecular weight is 418 g/mol. The standard InChI is InChI=1S/C8H3Br2IS/c9-5-3-6(11)7(10)8-4(5)1-2-12-8/h1-3H. The number of rotatable bonds is 0. The van der Waals surface area contributed by atoms with Gasteiger partial charge in [-0.15, -0.1) is 11.3 Å². The molecule has 0 fully saturated rings. The zero-order valence-electron chi connectivity index (χ0n) is 5.77. The molecule has 0 saturated heterocycles. The molecule has 4 heteroatoms. The van der Waals surface area contributed by atoms with E-state index >= 15 is 0 Å². The van der Waals surface area contributed by atoms with Crippen molar-refractivity contribution in [3.63, 3.8) is 0 Å². The van der Waals surface area contributed by atoms with Gasteiger partial charge in [0, 0.05) is 17.9 Å². The first-order valence-corrected chi connectivity index (χ1v) is 6.75. The first kappa shape index (κ1) is 9.43. The topological polar surface area (TPSA) is 0 Å². The Morgan fingerprint density at radius 1 is 1.33 bits per heavy atom. The number of thiophene rings is 1. The maximum Gasteiger partial charge on any atom is 0.0506 e. The highest BCUT2D eigenvalue weighted by molar-refractivity contribution is 14.1. The van der Waals surface area contributed by atoms with Crippen LogP contribution in [-0.4, -0.2) is 0 Å². The number of benzene rings is 1. The molecule has 0 radical (unpaired) electrons. The van der Waals surface area contributed by atoms with Crippen molar-refractivity contribution in [1.82, 2.24) is 0 Å². The second-order valence-electron chi connectivity index (χ2n) is 2.32. The Hall–Kier alpha value is 0.870. The van der Waals surface area contributed by atoms with Crippen LogP contribution in [0.15, 0.2) is 26.5 Å². The largest absolute Gasteiger partial charge is 0.143 e. The first-order chi connectivity index (χ1) is 5.70. The molecule has 0 aliphatic heterocycles. The Kier molecular flexibility index (Phi) is 2.79. The van der Waals surface area contributed by atoms with Crippen LogP contribution in [0.25, 0.3) is 10.1 Å². The quantitative estimate of drug-likeness (QED) is 0.416. The predicted octanol–water partition coefficient (Wildman–Crippen LogP) is 5.03. The van der Waals surface area contributed by atoms with E-state index in [0.717, 1.165) is 0 Å². The van der Waals surface area contributed by atoms with Gasteiger partial charge in [0.15, 0.2) is 0 Å². The molecule has 62 valence electrons. The van der Waals surface area contributed by atoms with E-state index in [1.807, 2.05) is 0 Å². The minimum Gasteiger partial charge on any atom is -0.143 e. The predicted molar refractivity (Wildman–Crippen MR) is 69.9 cm³/mol. The highest BCUT2D eigenvalue weighted by Gasteiger charge is 2.07. The Balaban J connectivity index is 2.97. The molecule has 0 nitrogen and oxygen atoms in total. The van der Waals surface area contributed by atoms with E-state index < -0.39 is 0 Å². The van der Waals surface area contributed by atoms with Crippen molar-refractivity contribution in [1.29, 1.82) is 0 Å². The summed E-state index contributed by atoms with van der Waals surface area (Å²) in [5, 5.41) is 3.39. The number of fused-ring (bicyclic) bond motifs is 1. The minimum atomic E-state index is 1.17. The summed E-state index contributed by atoms with van der Waals surface area (Å²) in [6, 6.07) is 4.25. The van der Waals surface area contributed by atoms with Crippen LogP contribution in [-0.2, 0) is 0 Å². The van der Waals surface area contributed by atoms with E-state index in [1.165, 1.54) is 22.6 Å². The molecule has 0 bridgehead atoms. The van der Waals surface area contributed by atoms with E-state index in [0.29, 0.717) is 0 Å². The Bertz CT molecular complexity index is 436. The molecule has 2 aromatic rings. The third-order valence-corrected chi connectivity index (χ3v) is 5.85. The smallest absolute Gasteiger partial charge is 0.0506 e. The molecule has 0 aliphatic carbocycles. The monoisotopic (exact) mass is 416 g/mol. The normalized spacial score (nSPS) is 10.9. The van der Waals surface area contributed by atoms with Crippen LogP contribution in [0.4, 0.5) is 0 Å². The molecule has 0 spiro atoms. The zero-order valence-corrected chi connectivity index (χ0v) is 11.9. The summed E-state index contributed by atoms with van der Waals surface area (Å²) in [4.78, 5) is 0. The number of hydrogen-bond acceptors (Lipinski definition) is 1. The lowest BCUT2D eigenvalue weighted by Crippen LogP contribution is -1.75. The molecular formula is C8H3Br2IS. The fraction of sp³-hybridized carbons (Fsp3) is 0. The lowest BCUT2D eigenvalue weighted by atomic mass is 10.3. The van der Waals surface area contributed by atoms with Gasteiger partial charge >= 0.3 is 0 Å². The van der Waals surface area contributed by atoms with Crippen molar-refractivity contribution in [3.05, 3.63) is 30.0 Å². The average Bonchev–Trinajstić information content (AvgIpc) is 2.48. The summed E-state index contributed by atoms with van der Waals surface area (Å²) >= 11 is 11.2. The molecule has 1 aromatic heterocycles. The van der Waals surface area contributed by atoms with Gasteiger partial charge in [0.2, 0.25) is 0 Å². The molecule has 0 N–H and O–H groups in total. The molecule has 1 aromatic carbocycles. The molecule has 0 unspecified atom stereocenters. The van der Waals surface area contributed by atoms with Crippen LogP contribution in [0.5, 0.6) is 0 Å². The molecule has 0 saturated carbocycles. The van der Waals surface area contributed by atoms with Crippen molar-refractivity contribution < 1.29 is 0 Å². The summed E-state index contributed by atoms with van der Waals surface area (Å²) in [6.07, 6.45) is 0. The van der Waals surface area contributed by atoms with Gasteiger partial charge in [-0.05, 0) is 56.0 Å². The number of hydrogen-bond donors (Lipinski definition) is 0. The van der Waals surface area contributed by atoms with Crippen molar-refractivity contribution in [2.24, 2.45) is 0 Å². The Morgan fingerprint density at radius 3 is 2.83 bits per heavy atom. The Morgan fingerprint density at radius 2 is 2.08 bits per heavy atom. The van der Waals surface area contributed by atoms with Gasteiger partial charge in [0.25, 0.3) is 0 Å². The minimum absolute atomic E-state index is 1.17. The molecular weight excluding hydrogens is 415 g/mol. The van der Waals surface area contributed by atoms with Crippen molar-refractivity contribution in [2.75, 3.05) is 0 Å². The maximum atomic E-state index is 3.58. The van der Waals surface area contributed by atoms with Crippen molar-refractivity contribution >= 4 is 75.9 Å². The van der Waals surface area contributed by atoms with Crippen LogP contribution in [0, 0.1) is 3.57 Å². The fourth-order valence-electron chi connectivity index (χ4n) is 1.03. The summed E-state index contributed by atoms with van der Waals surface area (Å²) in [7, 11) is 0. The highest BCUT2D eigenvalue weighted by Crippen LogP contribution is 2.37. The van der Waals surface area contributed by atoms with Crippen LogP contribution in [0.2, 0.25) is 0 Å². The molecule has 0 amide bonds. The number of halogens is 3. The van der Waals surface area contributed by atoms with Crippen molar-refractivity contribution in [3.8, 4) is 0 Å². The summed E-state index contributed by atoms with van der Waals surface area (Å²) in [5.74, 6) is 0. The lowest BCUT2D eigenvalue weighted by molar-refractivity contribution is 1.66. The van der Waals surface area contributed by atoms with Gasteiger partial charge < -0.3 is 0 Å². The summed E-state index contributed by atoms with van der Waals surface area (Å²) in [6.45, 7) is 0. The van der Waals surface area contributed by atoms with Crippen LogP contribution in [0.1, 0.15) is 0 Å². The van der Waals surface area contributed by atoms with E-state index in [2.05, 4.69) is 72.0 Å². The highest BCUT2D eigenvalue weighted by atomic mass is 127. The third kappa shape index (κ3) is 1.47. The summed E-state index contributed by atoms with van der Waals surface area (Å²) in [5.41, 5.74) is 0. The van der Waals surface area contributed by atoms with Gasteiger partial charge in [-0.3, -0.25) is 0 Å². The molecule has 0 atom stereocenters. The van der Waals surface area contributed by atoms with Crippen molar-refractivity contribution in [2.45, 2.75) is 0 Å². The molecule has 2 rings (SSSR count). The molecule has 12 heavy (non-hydrogen) atoms. The van der Waals surface area contributed by atoms with Crippen LogP contribution in [0.3, 0.4) is 0 Å². The van der Waals surface area contributed by atoms with Gasteiger partial charge in [-0.1, -0.05) is 15.9 Å². The van der Waals surface area contributed by atoms with Gasteiger partial charge in [0.1, 0.15) is 0 Å². The fourth-order valence-corrected chi connectivity index (χ4v) is 4.38. The Labute approximate surface area is 105 Å². The summed E-state index contributed by atoms with van der Waals surface area (Å²) < 4.78 is 4.94. The van der Waals surface area contributed by atoms with E-state index in [-0.39, 0.29) is 0 Å².